The number of nitrogens with two attached hydrogens (primary N) is 1. The average Bonchev–Trinajstić information content (AvgIpc) is 2.92. The largest absolute Gasteiger partial charge is 0.378 e. The molecule has 0 radical (unpaired) electrons. The van der Waals surface area contributed by atoms with Gasteiger partial charge in [-0.1, -0.05) is 0 Å². The molecule has 0 saturated carbocycles. The summed E-state index contributed by atoms with van der Waals surface area (Å²) in [7, 11) is 0. The van der Waals surface area contributed by atoms with Crippen molar-refractivity contribution in [1.29, 1.82) is 0 Å². The molecule has 2 aliphatic rings. The molecule has 5 heteroatoms. The van der Waals surface area contributed by atoms with Crippen molar-refractivity contribution in [3.63, 3.8) is 0 Å². The highest BCUT2D eigenvalue weighted by Crippen LogP contribution is 2.24. The zero-order chi connectivity index (χ0) is 13.7. The van der Waals surface area contributed by atoms with E-state index in [9.17, 15) is 4.79 Å². The Balaban J connectivity index is 1.89. The number of carbonyl (C=O) groups excluding carboxylic acids is 1. The lowest BCUT2D eigenvalue weighted by Crippen LogP contribution is -2.51. The molecule has 2 unspecified atom stereocenters. The standard InChI is InChI=1S/C14H27N3O2/c1-12(14(18)16-8-10-19-11-9-16)17-7-3-5-13(17)4-2-6-15/h12-13H,2-11,15H2,1H3. The minimum atomic E-state index is 0.00312. The Hall–Kier alpha value is -0.650. The van der Waals surface area contributed by atoms with Crippen LogP contribution in [0.2, 0.25) is 0 Å². The summed E-state index contributed by atoms with van der Waals surface area (Å²) >= 11 is 0. The van der Waals surface area contributed by atoms with Gasteiger partial charge in [0.2, 0.25) is 5.91 Å². The summed E-state index contributed by atoms with van der Waals surface area (Å²) < 4.78 is 5.31. The Bertz CT molecular complexity index is 292. The van der Waals surface area contributed by atoms with Gasteiger partial charge in [0.15, 0.2) is 0 Å². The maximum Gasteiger partial charge on any atom is 0.239 e. The Morgan fingerprint density at radius 3 is 2.79 bits per heavy atom. The van der Waals surface area contributed by atoms with E-state index in [-0.39, 0.29) is 11.9 Å². The zero-order valence-electron chi connectivity index (χ0n) is 12.0. The molecule has 0 spiro atoms. The number of carbonyl (C=O) groups is 1. The molecule has 110 valence electrons. The third kappa shape index (κ3) is 3.68. The van der Waals surface area contributed by atoms with Gasteiger partial charge in [0.25, 0.3) is 0 Å². The van der Waals surface area contributed by atoms with Crippen molar-refractivity contribution in [3.05, 3.63) is 0 Å². The summed E-state index contributed by atoms with van der Waals surface area (Å²) in [5.41, 5.74) is 5.60. The van der Waals surface area contributed by atoms with Crippen LogP contribution in [0.4, 0.5) is 0 Å². The SMILES string of the molecule is CC(C(=O)N1CCOCC1)N1CCCC1CCCN. The van der Waals surface area contributed by atoms with E-state index in [2.05, 4.69) is 11.8 Å². The van der Waals surface area contributed by atoms with Gasteiger partial charge < -0.3 is 15.4 Å². The summed E-state index contributed by atoms with van der Waals surface area (Å²) in [6.07, 6.45) is 4.59. The van der Waals surface area contributed by atoms with E-state index in [1.807, 2.05) is 4.90 Å². The third-order valence-corrected chi connectivity index (χ3v) is 4.34. The number of amides is 1. The Morgan fingerprint density at radius 2 is 2.11 bits per heavy atom. The van der Waals surface area contributed by atoms with Crippen molar-refractivity contribution < 1.29 is 9.53 Å². The molecule has 0 aliphatic carbocycles. The monoisotopic (exact) mass is 269 g/mol. The molecule has 2 fully saturated rings. The first-order chi connectivity index (χ1) is 9.24. The molecule has 1 amide bonds. The fourth-order valence-electron chi connectivity index (χ4n) is 3.22. The molecule has 0 aromatic rings. The molecule has 2 rings (SSSR count). The Kier molecular flexibility index (Phi) is 5.60. The van der Waals surface area contributed by atoms with Crippen molar-refractivity contribution in [1.82, 2.24) is 9.80 Å². The summed E-state index contributed by atoms with van der Waals surface area (Å²) in [4.78, 5) is 16.8. The second-order valence-corrected chi connectivity index (χ2v) is 5.58. The van der Waals surface area contributed by atoms with E-state index in [4.69, 9.17) is 10.5 Å². The summed E-state index contributed by atoms with van der Waals surface area (Å²) in [5.74, 6) is 0.267. The van der Waals surface area contributed by atoms with Gasteiger partial charge in [0, 0.05) is 19.1 Å². The highest BCUT2D eigenvalue weighted by Gasteiger charge is 2.33. The fraction of sp³-hybridized carbons (Fsp3) is 0.929. The molecular formula is C14H27N3O2. The highest BCUT2D eigenvalue weighted by molar-refractivity contribution is 5.81. The molecule has 2 atom stereocenters. The van der Waals surface area contributed by atoms with E-state index in [1.165, 1.54) is 12.8 Å². The van der Waals surface area contributed by atoms with Crippen LogP contribution < -0.4 is 5.73 Å². The molecule has 2 heterocycles. The van der Waals surface area contributed by atoms with Gasteiger partial charge in [-0.25, -0.2) is 0 Å². The first-order valence-electron chi connectivity index (χ1n) is 7.56. The Labute approximate surface area is 116 Å². The van der Waals surface area contributed by atoms with E-state index in [0.29, 0.717) is 19.3 Å². The summed E-state index contributed by atoms with van der Waals surface area (Å²) in [5, 5.41) is 0. The van der Waals surface area contributed by atoms with Crippen molar-refractivity contribution >= 4 is 5.91 Å². The first kappa shape index (κ1) is 14.8. The highest BCUT2D eigenvalue weighted by atomic mass is 16.5. The minimum Gasteiger partial charge on any atom is -0.378 e. The topological polar surface area (TPSA) is 58.8 Å². The number of likely N-dealkylation sites (tertiary alicyclic amines) is 1. The van der Waals surface area contributed by atoms with Crippen LogP contribution in [0.15, 0.2) is 0 Å². The number of hydrogen-bond donors (Lipinski definition) is 1. The lowest BCUT2D eigenvalue weighted by atomic mass is 10.1. The van der Waals surface area contributed by atoms with Crippen molar-refractivity contribution in [2.75, 3.05) is 39.4 Å². The molecule has 5 nitrogen and oxygen atoms in total. The predicted molar refractivity (Wildman–Crippen MR) is 74.9 cm³/mol. The van der Waals surface area contributed by atoms with Crippen molar-refractivity contribution in [3.8, 4) is 0 Å². The molecule has 19 heavy (non-hydrogen) atoms. The lowest BCUT2D eigenvalue weighted by molar-refractivity contribution is -0.140. The molecule has 0 aromatic carbocycles. The van der Waals surface area contributed by atoms with Crippen LogP contribution in [0.3, 0.4) is 0 Å². The van der Waals surface area contributed by atoms with E-state index in [1.54, 1.807) is 0 Å². The maximum absolute atomic E-state index is 12.5. The van der Waals surface area contributed by atoms with Crippen LogP contribution in [0, 0.1) is 0 Å². The summed E-state index contributed by atoms with van der Waals surface area (Å²) in [6, 6.07) is 0.548. The molecular weight excluding hydrogens is 242 g/mol. The van der Waals surface area contributed by atoms with Crippen molar-refractivity contribution in [2.24, 2.45) is 5.73 Å². The fourth-order valence-corrected chi connectivity index (χ4v) is 3.22. The second-order valence-electron chi connectivity index (χ2n) is 5.58. The quantitative estimate of drug-likeness (QED) is 0.786. The van der Waals surface area contributed by atoms with Gasteiger partial charge in [-0.3, -0.25) is 9.69 Å². The van der Waals surface area contributed by atoms with E-state index >= 15 is 0 Å². The van der Waals surface area contributed by atoms with Gasteiger partial charge >= 0.3 is 0 Å². The molecule has 0 aromatic heterocycles. The smallest absolute Gasteiger partial charge is 0.239 e. The van der Waals surface area contributed by atoms with Gasteiger partial charge in [0.1, 0.15) is 0 Å². The molecule has 2 saturated heterocycles. The van der Waals surface area contributed by atoms with Gasteiger partial charge in [-0.05, 0) is 45.7 Å². The maximum atomic E-state index is 12.5. The van der Waals surface area contributed by atoms with Gasteiger partial charge in [0.05, 0.1) is 19.3 Å². The van der Waals surface area contributed by atoms with Crippen LogP contribution in [0.1, 0.15) is 32.6 Å². The second kappa shape index (κ2) is 7.22. The minimum absolute atomic E-state index is 0.00312. The van der Waals surface area contributed by atoms with Gasteiger partial charge in [-0.2, -0.15) is 0 Å². The average molecular weight is 269 g/mol. The molecule has 2 aliphatic heterocycles. The van der Waals surface area contributed by atoms with E-state index < -0.39 is 0 Å². The number of ether oxygens (including phenoxy) is 1. The Morgan fingerprint density at radius 1 is 1.37 bits per heavy atom. The summed E-state index contributed by atoms with van der Waals surface area (Å²) in [6.45, 7) is 6.68. The number of hydrogen-bond acceptors (Lipinski definition) is 4. The molecule has 0 bridgehead atoms. The lowest BCUT2D eigenvalue weighted by Gasteiger charge is -2.35. The number of morpholine rings is 1. The molecule has 2 N–H and O–H groups in total. The van der Waals surface area contributed by atoms with Gasteiger partial charge in [-0.15, -0.1) is 0 Å². The van der Waals surface area contributed by atoms with Crippen LogP contribution in [-0.2, 0) is 9.53 Å². The van der Waals surface area contributed by atoms with Crippen LogP contribution in [0.5, 0.6) is 0 Å². The first-order valence-corrected chi connectivity index (χ1v) is 7.56. The number of nitrogens with zero attached hydrogens (tertiary/aromatic N) is 2. The number of rotatable bonds is 5. The predicted octanol–water partition coefficient (Wildman–Crippen LogP) is 0.437. The normalized spacial score (nSPS) is 26.6. The van der Waals surface area contributed by atoms with E-state index in [0.717, 1.165) is 39.0 Å². The van der Waals surface area contributed by atoms with Crippen LogP contribution >= 0.6 is 0 Å². The van der Waals surface area contributed by atoms with Crippen molar-refractivity contribution in [2.45, 2.75) is 44.7 Å². The van der Waals surface area contributed by atoms with Crippen LogP contribution in [-0.4, -0.2) is 67.2 Å². The zero-order valence-corrected chi connectivity index (χ0v) is 12.0. The van der Waals surface area contributed by atoms with Crippen LogP contribution in [0.25, 0.3) is 0 Å². The third-order valence-electron chi connectivity index (χ3n) is 4.34.